The predicted molar refractivity (Wildman–Crippen MR) is 120 cm³/mol. The topological polar surface area (TPSA) is 82.4 Å². The molecule has 0 saturated carbocycles. The molecular weight excluding hydrogens is 406 g/mol. The van der Waals surface area contributed by atoms with E-state index in [9.17, 15) is 0 Å². The van der Waals surface area contributed by atoms with E-state index in [0.29, 0.717) is 29.4 Å². The van der Waals surface area contributed by atoms with Crippen LogP contribution in [-0.2, 0) is 11.8 Å². The third-order valence-electron chi connectivity index (χ3n) is 6.01. The zero-order valence-electron chi connectivity index (χ0n) is 18.1. The second-order valence-electron chi connectivity index (χ2n) is 7.59. The van der Waals surface area contributed by atoms with Gasteiger partial charge in [-0.25, -0.2) is 4.98 Å². The number of allylic oxidation sites excluding steroid dienone is 1. The summed E-state index contributed by atoms with van der Waals surface area (Å²) in [5.41, 5.74) is 4.47. The Morgan fingerprint density at radius 1 is 0.969 bits per heavy atom. The maximum absolute atomic E-state index is 5.65. The van der Waals surface area contributed by atoms with Crippen LogP contribution in [0.1, 0.15) is 22.4 Å². The number of hydrogen-bond donors (Lipinski definition) is 1. The molecule has 0 saturated heterocycles. The summed E-state index contributed by atoms with van der Waals surface area (Å²) < 4.78 is 22.3. The minimum Gasteiger partial charge on any atom is -0.493 e. The van der Waals surface area contributed by atoms with E-state index in [2.05, 4.69) is 39.5 Å². The lowest BCUT2D eigenvalue weighted by Crippen LogP contribution is -2.30. The molecule has 1 atom stereocenters. The summed E-state index contributed by atoms with van der Waals surface area (Å²) in [5, 5.41) is 7.72. The number of H-pyrrole nitrogens is 1. The number of nitrogens with one attached hydrogen (secondary N) is 1. The molecule has 32 heavy (non-hydrogen) atoms. The van der Waals surface area contributed by atoms with Crippen molar-refractivity contribution in [3.63, 3.8) is 0 Å². The number of fused-ring (bicyclic) bond motifs is 1. The largest absolute Gasteiger partial charge is 0.493 e. The number of oxazole rings is 1. The average Bonchev–Trinajstić information content (AvgIpc) is 3.52. The van der Waals surface area contributed by atoms with Crippen molar-refractivity contribution in [2.45, 2.75) is 11.8 Å². The van der Waals surface area contributed by atoms with Crippen LogP contribution >= 0.6 is 0 Å². The van der Waals surface area contributed by atoms with Crippen molar-refractivity contribution < 1.29 is 18.6 Å². The molecule has 0 fully saturated rings. The molecule has 7 nitrogen and oxygen atoms in total. The second-order valence-corrected chi connectivity index (χ2v) is 7.59. The molecule has 0 spiro atoms. The van der Waals surface area contributed by atoms with E-state index < -0.39 is 5.41 Å². The Bertz CT molecular complexity index is 1240. The minimum atomic E-state index is -0.466. The Kier molecular flexibility index (Phi) is 4.93. The van der Waals surface area contributed by atoms with E-state index >= 15 is 0 Å². The fourth-order valence-corrected chi connectivity index (χ4v) is 4.42. The highest BCUT2D eigenvalue weighted by Gasteiger charge is 2.38. The third-order valence-corrected chi connectivity index (χ3v) is 6.01. The number of rotatable bonds is 6. The SMILES string of the molecule is COc1cc(C2(c3ccccc3)C=Cc3c(-c4cnco4)n[nH]c3C2)cc(OC)c1OC. The van der Waals surface area contributed by atoms with Crippen molar-refractivity contribution in [1.82, 2.24) is 15.2 Å². The zero-order chi connectivity index (χ0) is 22.1. The van der Waals surface area contributed by atoms with Gasteiger partial charge < -0.3 is 18.6 Å². The molecule has 1 N–H and O–H groups in total. The highest BCUT2D eigenvalue weighted by atomic mass is 16.5. The lowest BCUT2D eigenvalue weighted by Gasteiger charge is -2.35. The van der Waals surface area contributed by atoms with Gasteiger partial charge in [-0.2, -0.15) is 5.10 Å². The van der Waals surface area contributed by atoms with Crippen molar-refractivity contribution in [3.05, 3.63) is 83.5 Å². The molecular formula is C25H23N3O4. The molecule has 0 radical (unpaired) electrons. The van der Waals surface area contributed by atoms with Crippen LogP contribution in [0.2, 0.25) is 0 Å². The summed E-state index contributed by atoms with van der Waals surface area (Å²) >= 11 is 0. The first kappa shape index (κ1) is 19.9. The molecule has 0 amide bonds. The number of aromatic nitrogens is 3. The molecule has 2 heterocycles. The number of benzene rings is 2. The molecule has 1 aliphatic rings. The summed E-state index contributed by atoms with van der Waals surface area (Å²) in [5.74, 6) is 2.43. The van der Waals surface area contributed by atoms with Gasteiger partial charge in [-0.3, -0.25) is 5.10 Å². The smallest absolute Gasteiger partial charge is 0.203 e. The Morgan fingerprint density at radius 2 is 1.72 bits per heavy atom. The van der Waals surface area contributed by atoms with Crippen LogP contribution in [0.25, 0.3) is 17.5 Å². The lowest BCUT2D eigenvalue weighted by atomic mass is 9.68. The first-order valence-electron chi connectivity index (χ1n) is 10.2. The molecule has 5 rings (SSSR count). The standard InChI is InChI=1S/C25H23N3O4/c1-29-20-11-17(12-21(30-2)24(20)31-3)25(16-7-5-4-6-8-16)10-9-18-19(13-25)27-28-23(18)22-14-26-15-32-22/h4-12,14-15H,13H2,1-3H3,(H,27,28). The van der Waals surface area contributed by atoms with Gasteiger partial charge >= 0.3 is 0 Å². The van der Waals surface area contributed by atoms with Crippen LogP contribution < -0.4 is 14.2 Å². The fraction of sp³-hybridized carbons (Fsp3) is 0.200. The van der Waals surface area contributed by atoms with E-state index in [1.54, 1.807) is 27.5 Å². The van der Waals surface area contributed by atoms with E-state index in [-0.39, 0.29) is 0 Å². The molecule has 0 aliphatic heterocycles. The van der Waals surface area contributed by atoms with Gasteiger partial charge in [0.05, 0.1) is 27.5 Å². The van der Waals surface area contributed by atoms with Crippen LogP contribution in [0.4, 0.5) is 0 Å². The Morgan fingerprint density at radius 3 is 2.34 bits per heavy atom. The van der Waals surface area contributed by atoms with Gasteiger partial charge in [0, 0.05) is 23.1 Å². The summed E-state index contributed by atoms with van der Waals surface area (Å²) in [6.07, 6.45) is 8.05. The maximum atomic E-state index is 5.65. The minimum absolute atomic E-state index is 0.466. The highest BCUT2D eigenvalue weighted by Crippen LogP contribution is 2.47. The van der Waals surface area contributed by atoms with Crippen LogP contribution in [0, 0.1) is 0 Å². The lowest BCUT2D eigenvalue weighted by molar-refractivity contribution is 0.323. The van der Waals surface area contributed by atoms with Gasteiger partial charge in [0.25, 0.3) is 0 Å². The number of aromatic amines is 1. The maximum Gasteiger partial charge on any atom is 0.203 e. The fourth-order valence-electron chi connectivity index (χ4n) is 4.42. The van der Waals surface area contributed by atoms with Gasteiger partial charge in [0.15, 0.2) is 23.7 Å². The van der Waals surface area contributed by atoms with Crippen molar-refractivity contribution in [2.24, 2.45) is 0 Å². The number of hydrogen-bond acceptors (Lipinski definition) is 6. The normalized spacial score (nSPS) is 17.1. The molecule has 2 aromatic heterocycles. The molecule has 4 aromatic rings. The monoisotopic (exact) mass is 429 g/mol. The molecule has 0 bridgehead atoms. The third kappa shape index (κ3) is 3.05. The van der Waals surface area contributed by atoms with Crippen LogP contribution in [0.15, 0.2) is 65.5 Å². The summed E-state index contributed by atoms with van der Waals surface area (Å²) in [6, 6.07) is 14.4. The zero-order valence-corrected chi connectivity index (χ0v) is 18.1. The van der Waals surface area contributed by atoms with Gasteiger partial charge in [-0.1, -0.05) is 42.5 Å². The number of ether oxygens (including phenoxy) is 3. The summed E-state index contributed by atoms with van der Waals surface area (Å²) in [4.78, 5) is 4.02. The number of methoxy groups -OCH3 is 3. The van der Waals surface area contributed by atoms with Gasteiger partial charge in [0.2, 0.25) is 5.75 Å². The van der Waals surface area contributed by atoms with E-state index in [1.165, 1.54) is 6.39 Å². The quantitative estimate of drug-likeness (QED) is 0.481. The molecule has 1 unspecified atom stereocenters. The molecule has 162 valence electrons. The first-order chi connectivity index (χ1) is 15.7. The van der Waals surface area contributed by atoms with E-state index in [4.69, 9.17) is 18.6 Å². The molecule has 7 heteroatoms. The Balaban J connectivity index is 1.70. The van der Waals surface area contributed by atoms with Gasteiger partial charge in [-0.15, -0.1) is 0 Å². The highest BCUT2D eigenvalue weighted by molar-refractivity contribution is 5.74. The van der Waals surface area contributed by atoms with E-state index in [1.807, 2.05) is 30.3 Å². The Labute approximate surface area is 185 Å². The molecule has 1 aliphatic carbocycles. The number of nitrogens with zero attached hydrogens (tertiary/aromatic N) is 2. The summed E-state index contributed by atoms with van der Waals surface area (Å²) in [7, 11) is 4.86. The van der Waals surface area contributed by atoms with Crippen molar-refractivity contribution >= 4 is 6.08 Å². The van der Waals surface area contributed by atoms with Crippen LogP contribution in [0.3, 0.4) is 0 Å². The van der Waals surface area contributed by atoms with Gasteiger partial charge in [-0.05, 0) is 23.3 Å². The predicted octanol–water partition coefficient (Wildman–Crippen LogP) is 4.65. The summed E-state index contributed by atoms with van der Waals surface area (Å²) in [6.45, 7) is 0. The molecule has 2 aromatic carbocycles. The van der Waals surface area contributed by atoms with E-state index in [0.717, 1.165) is 28.1 Å². The Hall–Kier alpha value is -4.00. The van der Waals surface area contributed by atoms with Gasteiger partial charge in [0.1, 0.15) is 5.69 Å². The van der Waals surface area contributed by atoms with Crippen molar-refractivity contribution in [3.8, 4) is 28.7 Å². The average molecular weight is 429 g/mol. The van der Waals surface area contributed by atoms with Crippen molar-refractivity contribution in [1.29, 1.82) is 0 Å². The van der Waals surface area contributed by atoms with Crippen LogP contribution in [0.5, 0.6) is 17.2 Å². The first-order valence-corrected chi connectivity index (χ1v) is 10.2. The van der Waals surface area contributed by atoms with Crippen molar-refractivity contribution in [2.75, 3.05) is 21.3 Å². The second kappa shape index (κ2) is 7.92. The van der Waals surface area contributed by atoms with Crippen LogP contribution in [-0.4, -0.2) is 36.5 Å².